The number of aryl methyl sites for hydroxylation is 4. The number of fused-ring (bicyclic) bond motifs is 1. The molecule has 172 valence electrons. The molecule has 0 amide bonds. The van der Waals surface area contributed by atoms with Crippen molar-refractivity contribution in [1.29, 1.82) is 0 Å². The van der Waals surface area contributed by atoms with Gasteiger partial charge in [-0.15, -0.1) is 0 Å². The first-order chi connectivity index (χ1) is 15.3. The van der Waals surface area contributed by atoms with Crippen LogP contribution < -0.4 is 5.73 Å². The molecule has 1 aliphatic rings. The Labute approximate surface area is 201 Å². The Hall–Kier alpha value is -2.14. The second kappa shape index (κ2) is 12.8. The average Bonchev–Trinajstić information content (AvgIpc) is 3.23. The summed E-state index contributed by atoms with van der Waals surface area (Å²) in [6, 6.07) is 14.1. The van der Waals surface area contributed by atoms with Gasteiger partial charge in [-0.25, -0.2) is 9.97 Å². The fraction of sp³-hybridized carbons (Fsp3) is 0.385. The third-order valence-electron chi connectivity index (χ3n) is 4.94. The van der Waals surface area contributed by atoms with Crippen molar-refractivity contribution in [1.82, 2.24) is 9.97 Å². The molecule has 32 heavy (non-hydrogen) atoms. The molecule has 3 N–H and O–H groups in total. The number of nitrogens with zero attached hydrogens (tertiary/aromatic N) is 2. The van der Waals surface area contributed by atoms with Crippen molar-refractivity contribution in [2.45, 2.75) is 65.9 Å². The molecular weight excluding hydrogens is 441 g/mol. The molecule has 0 atom stereocenters. The second-order valence-electron chi connectivity index (χ2n) is 7.90. The maximum absolute atomic E-state index is 8.06. The van der Waals surface area contributed by atoms with Crippen LogP contribution in [-0.4, -0.2) is 21.2 Å². The molecule has 4 nitrogen and oxygen atoms in total. The number of anilines is 1. The molecule has 0 radical (unpaired) electrons. The van der Waals surface area contributed by atoms with E-state index in [0.717, 1.165) is 35.5 Å². The number of nitrogens with two attached hydrogens (primary N) is 1. The zero-order valence-electron chi connectivity index (χ0n) is 19.3. The lowest BCUT2D eigenvalue weighted by Gasteiger charge is -2.12. The van der Waals surface area contributed by atoms with E-state index < -0.39 is 0 Å². The number of rotatable bonds is 3. The highest BCUT2D eigenvalue weighted by Gasteiger charge is 2.14. The lowest BCUT2D eigenvalue weighted by Crippen LogP contribution is -2.06. The van der Waals surface area contributed by atoms with Gasteiger partial charge < -0.3 is 10.8 Å². The number of hydrogen-bond acceptors (Lipinski definition) is 4. The van der Waals surface area contributed by atoms with Crippen LogP contribution in [0.25, 0.3) is 11.3 Å². The highest BCUT2D eigenvalue weighted by Crippen LogP contribution is 2.32. The first-order valence-corrected chi connectivity index (χ1v) is 11.9. The van der Waals surface area contributed by atoms with Crippen LogP contribution >= 0.6 is 23.2 Å². The molecule has 1 heterocycles. The second-order valence-corrected chi connectivity index (χ2v) is 8.74. The topological polar surface area (TPSA) is 72.0 Å². The van der Waals surface area contributed by atoms with Crippen LogP contribution in [0.2, 0.25) is 10.0 Å². The third kappa shape index (κ3) is 7.47. The van der Waals surface area contributed by atoms with Gasteiger partial charge in [0.15, 0.2) is 0 Å². The Morgan fingerprint density at radius 2 is 1.50 bits per heavy atom. The monoisotopic (exact) mass is 473 g/mol. The van der Waals surface area contributed by atoms with Crippen LogP contribution in [0.15, 0.2) is 42.5 Å². The van der Waals surface area contributed by atoms with E-state index in [4.69, 9.17) is 34.0 Å². The van der Waals surface area contributed by atoms with Crippen molar-refractivity contribution in [3.05, 3.63) is 75.0 Å². The Morgan fingerprint density at radius 1 is 0.938 bits per heavy atom. The minimum absolute atomic E-state index is 0.167. The summed E-state index contributed by atoms with van der Waals surface area (Å²) in [5.41, 5.74) is 12.3. The molecule has 6 heteroatoms. The Morgan fingerprint density at radius 3 is 2.00 bits per heavy atom. The predicted molar refractivity (Wildman–Crippen MR) is 136 cm³/mol. The van der Waals surface area contributed by atoms with E-state index in [1.807, 2.05) is 19.9 Å². The fourth-order valence-corrected chi connectivity index (χ4v) is 3.94. The predicted octanol–water partition coefficient (Wildman–Crippen LogP) is 6.72. The fourth-order valence-electron chi connectivity index (χ4n) is 3.44. The van der Waals surface area contributed by atoms with Crippen molar-refractivity contribution >= 4 is 29.0 Å². The minimum Gasteiger partial charge on any atom is -0.394 e. The lowest BCUT2D eigenvalue weighted by atomic mass is 10.1. The molecule has 3 aromatic rings. The summed E-state index contributed by atoms with van der Waals surface area (Å²) in [5.74, 6) is 0.494. The normalized spacial score (nSPS) is 11.9. The van der Waals surface area contributed by atoms with Gasteiger partial charge in [0.05, 0.1) is 22.1 Å². The smallest absolute Gasteiger partial charge is 0.145 e. The number of aliphatic hydroxyl groups excluding tert-OH is 1. The van der Waals surface area contributed by atoms with Gasteiger partial charge in [0, 0.05) is 16.7 Å². The number of benzene rings is 2. The van der Waals surface area contributed by atoms with Crippen molar-refractivity contribution in [3.8, 4) is 11.3 Å². The van der Waals surface area contributed by atoms with Gasteiger partial charge in [-0.2, -0.15) is 0 Å². The zero-order valence-corrected chi connectivity index (χ0v) is 20.8. The Kier molecular flexibility index (Phi) is 10.4. The lowest BCUT2D eigenvalue weighted by molar-refractivity contribution is 0.216. The number of halogens is 2. The molecule has 0 saturated carbocycles. The van der Waals surface area contributed by atoms with Gasteiger partial charge in [0.2, 0.25) is 0 Å². The third-order valence-corrected chi connectivity index (χ3v) is 5.49. The molecule has 0 fully saturated rings. The van der Waals surface area contributed by atoms with Gasteiger partial charge >= 0.3 is 0 Å². The van der Waals surface area contributed by atoms with Gasteiger partial charge in [0.1, 0.15) is 5.82 Å². The number of aromatic nitrogens is 2. The summed E-state index contributed by atoms with van der Waals surface area (Å²) in [6.07, 6.45) is 5.28. The molecule has 4 rings (SSSR count). The van der Waals surface area contributed by atoms with Crippen LogP contribution in [0.1, 0.15) is 56.6 Å². The van der Waals surface area contributed by atoms with Crippen molar-refractivity contribution in [2.24, 2.45) is 0 Å². The summed E-state index contributed by atoms with van der Waals surface area (Å²) >= 11 is 12.2. The molecule has 0 unspecified atom stereocenters. The molecule has 0 aliphatic heterocycles. The van der Waals surface area contributed by atoms with Crippen molar-refractivity contribution in [3.63, 3.8) is 0 Å². The largest absolute Gasteiger partial charge is 0.394 e. The Balaban J connectivity index is 0.000000229. The number of aliphatic hydroxyl groups is 1. The highest BCUT2D eigenvalue weighted by molar-refractivity contribution is 6.36. The number of hydrogen-bond donors (Lipinski definition) is 2. The molecule has 0 saturated heterocycles. The average molecular weight is 474 g/mol. The maximum atomic E-state index is 8.06. The molecular formula is C26H33Cl2N3O. The van der Waals surface area contributed by atoms with E-state index in [2.05, 4.69) is 34.2 Å². The molecule has 0 spiro atoms. The van der Waals surface area contributed by atoms with Crippen LogP contribution in [0, 0.1) is 0 Å². The molecule has 1 aromatic heterocycles. The molecule has 1 aliphatic carbocycles. The van der Waals surface area contributed by atoms with E-state index in [1.54, 1.807) is 37.1 Å². The van der Waals surface area contributed by atoms with Crippen LogP contribution in [0.5, 0.6) is 0 Å². The SMILES string of the molecule is CC(C)O.CCc1nc(-c2ccc(Cl)cc2Cl)c(CC)nc1N.c1ccc2c(c1)CCC2. The van der Waals surface area contributed by atoms with Crippen molar-refractivity contribution < 1.29 is 5.11 Å². The quantitative estimate of drug-likeness (QED) is 0.442. The number of nitrogen functional groups attached to an aromatic ring is 1. The molecule has 2 aromatic carbocycles. The van der Waals surface area contributed by atoms with Gasteiger partial charge in [-0.3, -0.25) is 0 Å². The summed E-state index contributed by atoms with van der Waals surface area (Å²) < 4.78 is 0. The van der Waals surface area contributed by atoms with Crippen LogP contribution in [-0.2, 0) is 25.7 Å². The standard InChI is InChI=1S/C14H15Cl2N3.C9H10.C3H8O/c1-3-11-13(18-12(4-2)14(17)19-11)9-6-5-8(15)7-10(9)16;1-2-5-9-7-3-6-8(9)4-1;1-3(2)4/h5-7H,3-4H2,1-2H3,(H2,17,19);1-2,4-5H,3,6-7H2;3-4H,1-2H3. The molecule has 0 bridgehead atoms. The van der Waals surface area contributed by atoms with E-state index in [-0.39, 0.29) is 6.10 Å². The van der Waals surface area contributed by atoms with E-state index in [0.29, 0.717) is 15.9 Å². The summed E-state index contributed by atoms with van der Waals surface area (Å²) in [6.45, 7) is 7.46. The van der Waals surface area contributed by atoms with E-state index in [9.17, 15) is 0 Å². The van der Waals surface area contributed by atoms with Crippen LogP contribution in [0.4, 0.5) is 5.82 Å². The highest BCUT2D eigenvalue weighted by atomic mass is 35.5. The maximum Gasteiger partial charge on any atom is 0.145 e. The summed E-state index contributed by atoms with van der Waals surface area (Å²) in [7, 11) is 0. The van der Waals surface area contributed by atoms with Gasteiger partial charge in [0.25, 0.3) is 0 Å². The first kappa shape index (κ1) is 26.1. The van der Waals surface area contributed by atoms with E-state index >= 15 is 0 Å². The van der Waals surface area contributed by atoms with Crippen LogP contribution in [0.3, 0.4) is 0 Å². The Bertz CT molecular complexity index is 996. The van der Waals surface area contributed by atoms with Gasteiger partial charge in [-0.05, 0) is 75.3 Å². The first-order valence-electron chi connectivity index (χ1n) is 11.1. The van der Waals surface area contributed by atoms with E-state index in [1.165, 1.54) is 19.3 Å². The summed E-state index contributed by atoms with van der Waals surface area (Å²) in [4.78, 5) is 9.03. The van der Waals surface area contributed by atoms with Gasteiger partial charge in [-0.1, -0.05) is 61.3 Å². The summed E-state index contributed by atoms with van der Waals surface area (Å²) in [5, 5.41) is 9.23. The minimum atomic E-state index is -0.167. The van der Waals surface area contributed by atoms with Crippen molar-refractivity contribution in [2.75, 3.05) is 5.73 Å². The zero-order chi connectivity index (χ0) is 23.7.